The summed E-state index contributed by atoms with van der Waals surface area (Å²) in [5.74, 6) is 5.03. The lowest BCUT2D eigenvalue weighted by molar-refractivity contribution is -0.151. The van der Waals surface area contributed by atoms with Gasteiger partial charge in [0.2, 0.25) is 0 Å². The Labute approximate surface area is 212 Å². The van der Waals surface area contributed by atoms with Crippen molar-refractivity contribution in [3.63, 3.8) is 0 Å². The second-order valence-corrected chi connectivity index (χ2v) is 12.6. The maximum absolute atomic E-state index is 11.9. The molecule has 3 aliphatic rings. The average Bonchev–Trinajstić information content (AvgIpc) is 2.87. The van der Waals surface area contributed by atoms with E-state index in [1.54, 1.807) is 0 Å². The van der Waals surface area contributed by atoms with Crippen LogP contribution in [-0.4, -0.2) is 12.1 Å². The monoisotopic (exact) mass is 474 g/mol. The normalized spacial score (nSPS) is 32.4. The summed E-state index contributed by atoms with van der Waals surface area (Å²) < 4.78 is 5.74. The molecule has 0 N–H and O–H groups in total. The molecule has 0 unspecified atom stereocenters. The number of carbonyl (C=O) groups is 1. The Morgan fingerprint density at radius 3 is 1.59 bits per heavy atom. The van der Waals surface area contributed by atoms with Crippen molar-refractivity contribution in [3.8, 4) is 0 Å². The van der Waals surface area contributed by atoms with Crippen molar-refractivity contribution < 1.29 is 9.53 Å². The second-order valence-electron chi connectivity index (χ2n) is 12.6. The van der Waals surface area contributed by atoms with Crippen molar-refractivity contribution in [2.45, 2.75) is 168 Å². The zero-order valence-electron chi connectivity index (χ0n) is 23.0. The van der Waals surface area contributed by atoms with Crippen LogP contribution in [0.15, 0.2) is 0 Å². The molecule has 0 heterocycles. The summed E-state index contributed by atoms with van der Waals surface area (Å²) in [6, 6.07) is 0. The van der Waals surface area contributed by atoms with E-state index in [4.69, 9.17) is 4.74 Å². The summed E-state index contributed by atoms with van der Waals surface area (Å²) in [4.78, 5) is 11.9. The van der Waals surface area contributed by atoms with Gasteiger partial charge in [-0.3, -0.25) is 4.79 Å². The van der Waals surface area contributed by atoms with E-state index < -0.39 is 0 Å². The highest BCUT2D eigenvalue weighted by Crippen LogP contribution is 2.43. The Balaban J connectivity index is 1.21. The highest BCUT2D eigenvalue weighted by Gasteiger charge is 2.32. The van der Waals surface area contributed by atoms with Crippen molar-refractivity contribution in [2.75, 3.05) is 0 Å². The van der Waals surface area contributed by atoms with Gasteiger partial charge in [-0.1, -0.05) is 110 Å². The minimum absolute atomic E-state index is 0.0432. The lowest BCUT2D eigenvalue weighted by Gasteiger charge is -2.38. The van der Waals surface area contributed by atoms with Crippen molar-refractivity contribution in [3.05, 3.63) is 0 Å². The molecule has 198 valence electrons. The molecule has 0 aromatic rings. The van der Waals surface area contributed by atoms with Crippen molar-refractivity contribution in [2.24, 2.45) is 29.6 Å². The molecule has 2 nitrogen and oxygen atoms in total. The Kier molecular flexibility index (Phi) is 13.4. The summed E-state index contributed by atoms with van der Waals surface area (Å²) in [6.07, 6.45) is 31.5. The van der Waals surface area contributed by atoms with Gasteiger partial charge < -0.3 is 4.74 Å². The van der Waals surface area contributed by atoms with Crippen LogP contribution in [0.25, 0.3) is 0 Å². The zero-order valence-corrected chi connectivity index (χ0v) is 23.0. The number of ether oxygens (including phenoxy) is 1. The van der Waals surface area contributed by atoms with Crippen LogP contribution in [0.3, 0.4) is 0 Å². The van der Waals surface area contributed by atoms with E-state index in [2.05, 4.69) is 13.8 Å². The van der Waals surface area contributed by atoms with Crippen LogP contribution in [0.5, 0.6) is 0 Å². The minimum atomic E-state index is 0.0432. The molecular weight excluding hydrogens is 416 g/mol. The standard InChI is InChI=1S/C32H58O2/c1-3-5-7-8-9-10-26-12-14-27(15-13-26)16-17-28-18-20-29(21-19-28)30-22-24-31(25-23-30)34-32(33)11-6-4-2/h26-31H,3-25H2,1-2H3/t26-,27-,28-,29-,30-,31-. The molecule has 2 heteroatoms. The van der Waals surface area contributed by atoms with Gasteiger partial charge >= 0.3 is 5.97 Å². The second kappa shape index (κ2) is 16.3. The van der Waals surface area contributed by atoms with Gasteiger partial charge in [0.05, 0.1) is 0 Å². The number of hydrogen-bond acceptors (Lipinski definition) is 2. The molecule has 0 amide bonds. The lowest BCUT2D eigenvalue weighted by Crippen LogP contribution is -2.29. The molecule has 3 aliphatic carbocycles. The number of hydrogen-bond donors (Lipinski definition) is 0. The van der Waals surface area contributed by atoms with E-state index in [9.17, 15) is 4.79 Å². The third-order valence-electron chi connectivity index (χ3n) is 9.97. The van der Waals surface area contributed by atoms with Crippen LogP contribution >= 0.6 is 0 Å². The molecule has 0 aromatic heterocycles. The first-order valence-corrected chi connectivity index (χ1v) is 15.9. The highest BCUT2D eigenvalue weighted by atomic mass is 16.5. The topological polar surface area (TPSA) is 26.3 Å². The summed E-state index contributed by atoms with van der Waals surface area (Å²) in [6.45, 7) is 4.45. The third kappa shape index (κ3) is 10.2. The van der Waals surface area contributed by atoms with Gasteiger partial charge in [0.15, 0.2) is 0 Å². The first-order chi connectivity index (χ1) is 16.7. The molecule has 34 heavy (non-hydrogen) atoms. The molecule has 3 rings (SSSR count). The fourth-order valence-electron chi connectivity index (χ4n) is 7.51. The average molecular weight is 475 g/mol. The maximum atomic E-state index is 11.9. The Bertz CT molecular complexity index is 519. The molecule has 3 saturated carbocycles. The van der Waals surface area contributed by atoms with E-state index in [0.717, 1.165) is 55.3 Å². The van der Waals surface area contributed by atoms with E-state index in [-0.39, 0.29) is 12.1 Å². The highest BCUT2D eigenvalue weighted by molar-refractivity contribution is 5.69. The summed E-state index contributed by atoms with van der Waals surface area (Å²) in [7, 11) is 0. The van der Waals surface area contributed by atoms with E-state index in [1.807, 2.05) is 0 Å². The van der Waals surface area contributed by atoms with Crippen LogP contribution in [0, 0.1) is 29.6 Å². The molecule has 3 fully saturated rings. The summed E-state index contributed by atoms with van der Waals surface area (Å²) >= 11 is 0. The van der Waals surface area contributed by atoms with Crippen molar-refractivity contribution in [1.82, 2.24) is 0 Å². The first-order valence-electron chi connectivity index (χ1n) is 15.9. The summed E-state index contributed by atoms with van der Waals surface area (Å²) in [5, 5.41) is 0. The van der Waals surface area contributed by atoms with Gasteiger partial charge in [-0.25, -0.2) is 0 Å². The van der Waals surface area contributed by atoms with Crippen LogP contribution < -0.4 is 0 Å². The fourth-order valence-corrected chi connectivity index (χ4v) is 7.51. The van der Waals surface area contributed by atoms with Gasteiger partial charge in [-0.05, 0) is 74.5 Å². The zero-order chi connectivity index (χ0) is 24.0. The predicted molar refractivity (Wildman–Crippen MR) is 145 cm³/mol. The van der Waals surface area contributed by atoms with Crippen LogP contribution in [-0.2, 0) is 9.53 Å². The molecule has 0 bridgehead atoms. The Morgan fingerprint density at radius 1 is 0.559 bits per heavy atom. The van der Waals surface area contributed by atoms with Gasteiger partial charge in [-0.2, -0.15) is 0 Å². The SMILES string of the molecule is CCCCCCC[C@H]1CC[C@H](CC[C@H]2CC[C@H]([C@H]3CC[C@H](OC(=O)CCCC)CC3)CC2)CC1. The molecule has 0 atom stereocenters. The van der Waals surface area contributed by atoms with E-state index in [0.29, 0.717) is 6.42 Å². The number of rotatable bonds is 14. The van der Waals surface area contributed by atoms with Crippen molar-refractivity contribution >= 4 is 5.97 Å². The maximum Gasteiger partial charge on any atom is 0.306 e. The minimum Gasteiger partial charge on any atom is -0.462 e. The number of esters is 1. The van der Waals surface area contributed by atoms with Crippen molar-refractivity contribution in [1.29, 1.82) is 0 Å². The van der Waals surface area contributed by atoms with E-state index >= 15 is 0 Å². The van der Waals surface area contributed by atoms with Crippen LogP contribution in [0.2, 0.25) is 0 Å². The predicted octanol–water partition coefficient (Wildman–Crippen LogP) is 10.0. The molecule has 0 aliphatic heterocycles. The van der Waals surface area contributed by atoms with Crippen LogP contribution in [0.1, 0.15) is 162 Å². The van der Waals surface area contributed by atoms with Gasteiger partial charge in [0.1, 0.15) is 6.10 Å². The molecule has 0 spiro atoms. The quantitative estimate of drug-likeness (QED) is 0.185. The molecule has 0 radical (unpaired) electrons. The smallest absolute Gasteiger partial charge is 0.306 e. The van der Waals surface area contributed by atoms with Gasteiger partial charge in [-0.15, -0.1) is 0 Å². The molecule has 0 saturated heterocycles. The third-order valence-corrected chi connectivity index (χ3v) is 9.97. The largest absolute Gasteiger partial charge is 0.462 e. The van der Waals surface area contributed by atoms with Crippen LogP contribution in [0.4, 0.5) is 0 Å². The Hall–Kier alpha value is -0.530. The first kappa shape index (κ1) is 28.0. The number of unbranched alkanes of at least 4 members (excludes halogenated alkanes) is 5. The van der Waals surface area contributed by atoms with Gasteiger partial charge in [0.25, 0.3) is 0 Å². The summed E-state index contributed by atoms with van der Waals surface area (Å²) in [5.41, 5.74) is 0. The molecular formula is C32H58O2. The lowest BCUT2D eigenvalue weighted by atomic mass is 9.69. The Morgan fingerprint density at radius 2 is 1.03 bits per heavy atom. The van der Waals surface area contributed by atoms with Gasteiger partial charge in [0, 0.05) is 6.42 Å². The van der Waals surface area contributed by atoms with E-state index in [1.165, 1.54) is 116 Å². The number of carbonyl (C=O) groups excluding carboxylic acids is 1. The molecule has 0 aromatic carbocycles. The fraction of sp³-hybridized carbons (Fsp3) is 0.969.